The van der Waals surface area contributed by atoms with Gasteiger partial charge in [-0.15, -0.1) is 0 Å². The van der Waals surface area contributed by atoms with E-state index in [4.69, 9.17) is 14.2 Å². The highest BCUT2D eigenvalue weighted by Gasteiger charge is 2.11. The molecule has 6 heteroatoms. The first-order valence-corrected chi connectivity index (χ1v) is 9.28. The number of carbonyl (C=O) groups excluding carboxylic acids is 1. The van der Waals surface area contributed by atoms with Crippen molar-refractivity contribution in [2.24, 2.45) is 5.10 Å². The van der Waals surface area contributed by atoms with E-state index in [1.165, 1.54) is 0 Å². The molecule has 0 saturated heterocycles. The van der Waals surface area contributed by atoms with Crippen molar-refractivity contribution >= 4 is 12.1 Å². The summed E-state index contributed by atoms with van der Waals surface area (Å²) in [7, 11) is 0. The van der Waals surface area contributed by atoms with Gasteiger partial charge < -0.3 is 14.2 Å². The average molecular weight is 388 g/mol. The van der Waals surface area contributed by atoms with Crippen LogP contribution in [-0.2, 0) is 4.79 Å². The Kier molecular flexibility index (Phi) is 5.71. The molecule has 0 unspecified atom stereocenters. The number of rotatable bonds is 6. The van der Waals surface area contributed by atoms with Crippen molar-refractivity contribution in [1.82, 2.24) is 5.43 Å². The van der Waals surface area contributed by atoms with Crippen molar-refractivity contribution in [3.05, 3.63) is 78.4 Å². The van der Waals surface area contributed by atoms with Gasteiger partial charge in [0.1, 0.15) is 19.0 Å². The van der Waals surface area contributed by atoms with E-state index in [9.17, 15) is 4.79 Å². The van der Waals surface area contributed by atoms with E-state index in [1.54, 1.807) is 6.21 Å². The third-order valence-corrected chi connectivity index (χ3v) is 4.30. The molecule has 1 N–H and O–H groups in total. The fourth-order valence-corrected chi connectivity index (χ4v) is 2.87. The van der Waals surface area contributed by atoms with Crippen LogP contribution in [0.1, 0.15) is 5.56 Å². The van der Waals surface area contributed by atoms with Crippen LogP contribution < -0.4 is 19.6 Å². The van der Waals surface area contributed by atoms with Crippen LogP contribution in [0.4, 0.5) is 0 Å². The van der Waals surface area contributed by atoms with E-state index in [0.717, 1.165) is 16.7 Å². The summed E-state index contributed by atoms with van der Waals surface area (Å²) < 4.78 is 16.5. The van der Waals surface area contributed by atoms with Crippen LogP contribution in [0.25, 0.3) is 11.1 Å². The van der Waals surface area contributed by atoms with Crippen molar-refractivity contribution in [3.63, 3.8) is 0 Å². The van der Waals surface area contributed by atoms with Crippen molar-refractivity contribution < 1.29 is 19.0 Å². The first-order chi connectivity index (χ1) is 14.3. The molecule has 3 aromatic rings. The summed E-state index contributed by atoms with van der Waals surface area (Å²) in [5, 5.41) is 3.96. The summed E-state index contributed by atoms with van der Waals surface area (Å²) in [6.45, 7) is 0.947. The number of hydrazone groups is 1. The standard InChI is InChI=1S/C23H20N2O4/c26-23(25-24-15-17-6-11-21-22(14-17)28-13-12-27-21)16-29-20-9-7-19(8-10-20)18-4-2-1-3-5-18/h1-11,14-15H,12-13,16H2,(H,25,26)/b24-15+. The zero-order valence-electron chi connectivity index (χ0n) is 15.7. The smallest absolute Gasteiger partial charge is 0.277 e. The maximum Gasteiger partial charge on any atom is 0.277 e. The molecule has 1 heterocycles. The fourth-order valence-electron chi connectivity index (χ4n) is 2.87. The van der Waals surface area contributed by atoms with Crippen molar-refractivity contribution in [1.29, 1.82) is 0 Å². The van der Waals surface area contributed by atoms with Gasteiger partial charge in [0.15, 0.2) is 18.1 Å². The van der Waals surface area contributed by atoms with E-state index in [2.05, 4.69) is 10.5 Å². The number of carbonyl (C=O) groups is 1. The lowest BCUT2D eigenvalue weighted by molar-refractivity contribution is -0.123. The van der Waals surface area contributed by atoms with E-state index >= 15 is 0 Å². The second-order valence-electron chi connectivity index (χ2n) is 6.38. The number of hydrogen-bond acceptors (Lipinski definition) is 5. The zero-order valence-corrected chi connectivity index (χ0v) is 15.7. The van der Waals surface area contributed by atoms with Crippen molar-refractivity contribution in [3.8, 4) is 28.4 Å². The third kappa shape index (κ3) is 4.93. The average Bonchev–Trinajstić information content (AvgIpc) is 2.78. The first kappa shape index (κ1) is 18.6. The molecule has 29 heavy (non-hydrogen) atoms. The highest BCUT2D eigenvalue weighted by Crippen LogP contribution is 2.30. The van der Waals surface area contributed by atoms with E-state index in [-0.39, 0.29) is 12.5 Å². The van der Waals surface area contributed by atoms with Gasteiger partial charge >= 0.3 is 0 Å². The van der Waals surface area contributed by atoms with Crippen LogP contribution in [0.5, 0.6) is 17.2 Å². The predicted molar refractivity (Wildman–Crippen MR) is 111 cm³/mol. The van der Waals surface area contributed by atoms with Gasteiger partial charge in [0.25, 0.3) is 5.91 Å². The number of ether oxygens (including phenoxy) is 3. The molecule has 0 radical (unpaired) electrons. The van der Waals surface area contributed by atoms with Gasteiger partial charge in [0.2, 0.25) is 0 Å². The Balaban J connectivity index is 1.26. The molecule has 4 rings (SSSR count). The van der Waals surface area contributed by atoms with E-state index < -0.39 is 0 Å². The Morgan fingerprint density at radius 2 is 1.66 bits per heavy atom. The lowest BCUT2D eigenvalue weighted by atomic mass is 10.1. The Labute approximate surface area is 168 Å². The summed E-state index contributed by atoms with van der Waals surface area (Å²) >= 11 is 0. The summed E-state index contributed by atoms with van der Waals surface area (Å²) in [6.07, 6.45) is 1.55. The number of nitrogens with zero attached hydrogens (tertiary/aromatic N) is 1. The van der Waals surface area contributed by atoms with Gasteiger partial charge in [0.05, 0.1) is 6.21 Å². The Morgan fingerprint density at radius 3 is 2.45 bits per heavy atom. The number of benzene rings is 3. The Hall–Kier alpha value is -3.80. The van der Waals surface area contributed by atoms with Crippen LogP contribution in [-0.4, -0.2) is 31.9 Å². The molecular weight excluding hydrogens is 368 g/mol. The maximum absolute atomic E-state index is 11.9. The second kappa shape index (κ2) is 8.93. The largest absolute Gasteiger partial charge is 0.486 e. The van der Waals surface area contributed by atoms with E-state index in [0.29, 0.717) is 30.5 Å². The molecule has 1 aliphatic rings. The lowest BCUT2D eigenvalue weighted by Crippen LogP contribution is -2.24. The molecule has 3 aromatic carbocycles. The van der Waals surface area contributed by atoms with Crippen LogP contribution in [0, 0.1) is 0 Å². The van der Waals surface area contributed by atoms with Gasteiger partial charge in [-0.05, 0) is 47.0 Å². The monoisotopic (exact) mass is 388 g/mol. The molecule has 0 saturated carbocycles. The quantitative estimate of drug-likeness (QED) is 0.517. The molecule has 0 spiro atoms. The third-order valence-electron chi connectivity index (χ3n) is 4.30. The van der Waals surface area contributed by atoms with Gasteiger partial charge in [-0.2, -0.15) is 5.10 Å². The molecule has 0 bridgehead atoms. The second-order valence-corrected chi connectivity index (χ2v) is 6.38. The molecule has 6 nitrogen and oxygen atoms in total. The molecule has 0 aromatic heterocycles. The Bertz CT molecular complexity index is 1000. The molecule has 0 aliphatic carbocycles. The summed E-state index contributed by atoms with van der Waals surface area (Å²) in [5.74, 6) is 1.67. The minimum atomic E-state index is -0.342. The van der Waals surface area contributed by atoms with Crippen LogP contribution in [0.3, 0.4) is 0 Å². The predicted octanol–water partition coefficient (Wildman–Crippen LogP) is 3.65. The van der Waals surface area contributed by atoms with Gasteiger partial charge in [-0.1, -0.05) is 42.5 Å². The molecule has 0 fully saturated rings. The molecule has 1 aliphatic heterocycles. The van der Waals surface area contributed by atoms with Gasteiger partial charge in [-0.25, -0.2) is 5.43 Å². The fraction of sp³-hybridized carbons (Fsp3) is 0.130. The number of hydrogen-bond donors (Lipinski definition) is 1. The Morgan fingerprint density at radius 1 is 0.931 bits per heavy atom. The molecule has 1 amide bonds. The van der Waals surface area contributed by atoms with E-state index in [1.807, 2.05) is 72.8 Å². The SMILES string of the molecule is O=C(COc1ccc(-c2ccccc2)cc1)N/N=C/c1ccc2c(c1)OCCO2. The highest BCUT2D eigenvalue weighted by molar-refractivity contribution is 5.83. The summed E-state index contributed by atoms with van der Waals surface area (Å²) in [5.41, 5.74) is 5.47. The zero-order chi connectivity index (χ0) is 19.9. The minimum absolute atomic E-state index is 0.122. The molecule has 0 atom stereocenters. The maximum atomic E-state index is 11.9. The minimum Gasteiger partial charge on any atom is -0.486 e. The summed E-state index contributed by atoms with van der Waals surface area (Å²) in [4.78, 5) is 11.9. The first-order valence-electron chi connectivity index (χ1n) is 9.28. The number of nitrogens with one attached hydrogen (secondary N) is 1. The normalized spacial score (nSPS) is 12.6. The number of fused-ring (bicyclic) bond motifs is 1. The highest BCUT2D eigenvalue weighted by atomic mass is 16.6. The topological polar surface area (TPSA) is 69.2 Å². The van der Waals surface area contributed by atoms with Gasteiger partial charge in [0, 0.05) is 0 Å². The summed E-state index contributed by atoms with van der Waals surface area (Å²) in [6, 6.07) is 23.1. The van der Waals surface area contributed by atoms with Crippen LogP contribution in [0.15, 0.2) is 77.9 Å². The van der Waals surface area contributed by atoms with Crippen LogP contribution in [0.2, 0.25) is 0 Å². The van der Waals surface area contributed by atoms with Crippen molar-refractivity contribution in [2.75, 3.05) is 19.8 Å². The van der Waals surface area contributed by atoms with Crippen molar-refractivity contribution in [2.45, 2.75) is 0 Å². The molecule has 146 valence electrons. The van der Waals surface area contributed by atoms with Gasteiger partial charge in [-0.3, -0.25) is 4.79 Å². The lowest BCUT2D eigenvalue weighted by Gasteiger charge is -2.18. The molecular formula is C23H20N2O4. The van der Waals surface area contributed by atoms with Crippen LogP contribution >= 0.6 is 0 Å². The number of amides is 1.